The summed E-state index contributed by atoms with van der Waals surface area (Å²) in [7, 11) is 1.50. The Morgan fingerprint density at radius 2 is 2.00 bits per heavy atom. The van der Waals surface area contributed by atoms with Gasteiger partial charge in [-0.1, -0.05) is 0 Å². The van der Waals surface area contributed by atoms with E-state index in [9.17, 15) is 4.39 Å². The van der Waals surface area contributed by atoms with Gasteiger partial charge in [0.15, 0.2) is 5.82 Å². The number of hydrogen-bond acceptors (Lipinski definition) is 7. The second kappa shape index (κ2) is 7.32. The number of hydrogen-bond donors (Lipinski definition) is 2. The van der Waals surface area contributed by atoms with Gasteiger partial charge in [-0.3, -0.25) is 5.10 Å². The average Bonchev–Trinajstić information content (AvgIpc) is 3.44. The molecule has 2 unspecified atom stereocenters. The van der Waals surface area contributed by atoms with E-state index in [1.807, 2.05) is 0 Å². The van der Waals surface area contributed by atoms with Crippen LogP contribution in [0.5, 0.6) is 5.75 Å². The zero-order valence-corrected chi connectivity index (χ0v) is 15.9. The molecule has 2 atom stereocenters. The molecule has 0 saturated carbocycles. The van der Waals surface area contributed by atoms with Gasteiger partial charge < -0.3 is 19.7 Å². The molecule has 4 heterocycles. The van der Waals surface area contributed by atoms with Crippen molar-refractivity contribution in [3.05, 3.63) is 42.3 Å². The van der Waals surface area contributed by atoms with Crippen molar-refractivity contribution in [1.82, 2.24) is 20.2 Å². The van der Waals surface area contributed by atoms with Crippen LogP contribution in [-0.2, 0) is 4.74 Å². The van der Waals surface area contributed by atoms with Crippen LogP contribution < -0.4 is 15.0 Å². The lowest BCUT2D eigenvalue weighted by Gasteiger charge is -2.17. The van der Waals surface area contributed by atoms with Crippen LogP contribution in [0, 0.1) is 17.7 Å². The molecular formula is C20H21FN6O2. The molecule has 0 amide bonds. The van der Waals surface area contributed by atoms with Crippen LogP contribution in [0.2, 0.25) is 0 Å². The van der Waals surface area contributed by atoms with Crippen LogP contribution in [0.4, 0.5) is 22.0 Å². The Morgan fingerprint density at radius 3 is 2.76 bits per heavy atom. The molecule has 5 rings (SSSR count). The topological polar surface area (TPSA) is 88.2 Å². The Balaban J connectivity index is 1.31. The van der Waals surface area contributed by atoms with Gasteiger partial charge in [0.25, 0.3) is 0 Å². The normalized spacial score (nSPS) is 20.7. The summed E-state index contributed by atoms with van der Waals surface area (Å²) in [6.07, 6.45) is 1.73. The molecule has 0 aliphatic carbocycles. The molecule has 0 radical (unpaired) electrons. The van der Waals surface area contributed by atoms with E-state index >= 15 is 0 Å². The molecule has 150 valence electrons. The fraction of sp³-hybridized carbons (Fsp3) is 0.350. The minimum atomic E-state index is -0.382. The number of rotatable bonds is 5. The number of methoxy groups -OCH3 is 1. The molecule has 0 bridgehead atoms. The number of anilines is 3. The smallest absolute Gasteiger partial charge is 0.227 e. The van der Waals surface area contributed by atoms with Crippen molar-refractivity contribution in [1.29, 1.82) is 0 Å². The predicted octanol–water partition coefficient (Wildman–Crippen LogP) is 2.84. The first kappa shape index (κ1) is 17.9. The maximum atomic E-state index is 14.3. The first-order valence-electron chi connectivity index (χ1n) is 9.51. The van der Waals surface area contributed by atoms with E-state index in [-0.39, 0.29) is 5.82 Å². The third-order valence-electron chi connectivity index (χ3n) is 5.47. The van der Waals surface area contributed by atoms with Gasteiger partial charge in [-0.2, -0.15) is 10.1 Å². The first-order valence-corrected chi connectivity index (χ1v) is 9.51. The molecule has 2 aliphatic rings. The molecule has 2 fully saturated rings. The van der Waals surface area contributed by atoms with E-state index in [2.05, 4.69) is 30.4 Å². The molecule has 0 spiro atoms. The summed E-state index contributed by atoms with van der Waals surface area (Å²) < 4.78 is 24.9. The monoisotopic (exact) mass is 396 g/mol. The summed E-state index contributed by atoms with van der Waals surface area (Å²) in [5.74, 6) is 3.08. The summed E-state index contributed by atoms with van der Waals surface area (Å²) in [5, 5.41) is 10.2. The van der Waals surface area contributed by atoms with Crippen LogP contribution in [0.15, 0.2) is 36.5 Å². The molecule has 2 saturated heterocycles. The number of nitrogens with zero attached hydrogens (tertiary/aromatic N) is 4. The van der Waals surface area contributed by atoms with E-state index in [4.69, 9.17) is 9.47 Å². The summed E-state index contributed by atoms with van der Waals surface area (Å²) in [6, 6.07) is 8.23. The second-order valence-corrected chi connectivity index (χ2v) is 7.34. The van der Waals surface area contributed by atoms with Crippen LogP contribution >= 0.6 is 0 Å². The number of benzene rings is 1. The summed E-state index contributed by atoms with van der Waals surface area (Å²) >= 11 is 0. The van der Waals surface area contributed by atoms with Gasteiger partial charge in [0, 0.05) is 48.8 Å². The van der Waals surface area contributed by atoms with Crippen LogP contribution in [0.3, 0.4) is 0 Å². The summed E-state index contributed by atoms with van der Waals surface area (Å²) in [5.41, 5.74) is 0.981. The van der Waals surface area contributed by atoms with E-state index in [1.54, 1.807) is 30.5 Å². The third-order valence-corrected chi connectivity index (χ3v) is 5.47. The number of halogens is 1. The third kappa shape index (κ3) is 3.49. The number of H-pyrrole nitrogens is 1. The van der Waals surface area contributed by atoms with Gasteiger partial charge in [0.2, 0.25) is 5.95 Å². The van der Waals surface area contributed by atoms with Crippen molar-refractivity contribution >= 4 is 17.6 Å². The summed E-state index contributed by atoms with van der Waals surface area (Å²) in [6.45, 7) is 3.46. The van der Waals surface area contributed by atoms with Gasteiger partial charge in [0.05, 0.1) is 26.0 Å². The highest BCUT2D eigenvalue weighted by molar-refractivity contribution is 5.66. The fourth-order valence-corrected chi connectivity index (χ4v) is 3.92. The van der Waals surface area contributed by atoms with Crippen LogP contribution in [0.1, 0.15) is 0 Å². The highest BCUT2D eigenvalue weighted by Gasteiger charge is 2.38. The van der Waals surface area contributed by atoms with E-state index in [0.717, 1.165) is 26.3 Å². The van der Waals surface area contributed by atoms with Crippen molar-refractivity contribution in [3.8, 4) is 17.0 Å². The Labute approximate surface area is 167 Å². The van der Waals surface area contributed by atoms with Crippen molar-refractivity contribution < 1.29 is 13.9 Å². The van der Waals surface area contributed by atoms with Gasteiger partial charge in [-0.05, 0) is 18.2 Å². The lowest BCUT2D eigenvalue weighted by Crippen LogP contribution is -2.24. The molecule has 3 aromatic rings. The lowest BCUT2D eigenvalue weighted by atomic mass is 10.0. The average molecular weight is 396 g/mol. The Kier molecular flexibility index (Phi) is 4.51. The first-order chi connectivity index (χ1) is 14.2. The standard InChI is InChI=1S/C20H21FN6O2/c1-28-14-2-3-15(16(21)6-14)17-7-19(26-25-17)23-18-4-5-22-20(24-18)27-8-12-10-29-11-13(12)9-27/h2-7,12-13H,8-11H2,1H3,(H2,22,23,24,25,26). The minimum absolute atomic E-state index is 0.382. The van der Waals surface area contributed by atoms with E-state index in [1.165, 1.54) is 13.2 Å². The highest BCUT2D eigenvalue weighted by Crippen LogP contribution is 2.31. The molecular weight excluding hydrogens is 375 g/mol. The second-order valence-electron chi connectivity index (χ2n) is 7.34. The number of aromatic nitrogens is 4. The quantitative estimate of drug-likeness (QED) is 0.686. The molecule has 2 aromatic heterocycles. The predicted molar refractivity (Wildman–Crippen MR) is 106 cm³/mol. The molecule has 29 heavy (non-hydrogen) atoms. The van der Waals surface area contributed by atoms with Crippen molar-refractivity contribution in [2.24, 2.45) is 11.8 Å². The fourth-order valence-electron chi connectivity index (χ4n) is 3.92. The zero-order chi connectivity index (χ0) is 19.8. The largest absolute Gasteiger partial charge is 0.497 e. The summed E-state index contributed by atoms with van der Waals surface area (Å²) in [4.78, 5) is 11.2. The Morgan fingerprint density at radius 1 is 1.17 bits per heavy atom. The molecule has 8 nitrogen and oxygen atoms in total. The molecule has 1 aromatic carbocycles. The van der Waals surface area contributed by atoms with E-state index < -0.39 is 0 Å². The van der Waals surface area contributed by atoms with Gasteiger partial charge >= 0.3 is 0 Å². The van der Waals surface area contributed by atoms with Crippen molar-refractivity contribution in [2.45, 2.75) is 0 Å². The minimum Gasteiger partial charge on any atom is -0.497 e. The molecule has 9 heteroatoms. The number of nitrogens with one attached hydrogen (secondary N) is 2. The highest BCUT2D eigenvalue weighted by atomic mass is 19.1. The molecule has 2 aliphatic heterocycles. The number of fused-ring (bicyclic) bond motifs is 1. The van der Waals surface area contributed by atoms with Gasteiger partial charge in [-0.25, -0.2) is 9.37 Å². The van der Waals surface area contributed by atoms with Gasteiger partial charge in [-0.15, -0.1) is 0 Å². The maximum Gasteiger partial charge on any atom is 0.227 e. The van der Waals surface area contributed by atoms with Gasteiger partial charge in [0.1, 0.15) is 17.4 Å². The van der Waals surface area contributed by atoms with Crippen molar-refractivity contribution in [2.75, 3.05) is 43.6 Å². The Bertz CT molecular complexity index is 1010. The zero-order valence-electron chi connectivity index (χ0n) is 15.9. The number of ether oxygens (including phenoxy) is 2. The Hall–Kier alpha value is -3.20. The molecule has 2 N–H and O–H groups in total. The maximum absolute atomic E-state index is 14.3. The van der Waals surface area contributed by atoms with Crippen molar-refractivity contribution in [3.63, 3.8) is 0 Å². The lowest BCUT2D eigenvalue weighted by molar-refractivity contribution is 0.177. The SMILES string of the molecule is COc1ccc(-c2cc(Nc3ccnc(N4CC5COCC5C4)n3)n[nH]2)c(F)c1. The van der Waals surface area contributed by atoms with E-state index in [0.29, 0.717) is 46.4 Å². The van der Waals surface area contributed by atoms with Crippen LogP contribution in [-0.4, -0.2) is 53.6 Å². The number of aromatic amines is 1. The van der Waals surface area contributed by atoms with Crippen LogP contribution in [0.25, 0.3) is 11.3 Å².